The Morgan fingerprint density at radius 3 is 1.84 bits per heavy atom. The quantitative estimate of drug-likeness (QED) is 0.0225. The molecule has 0 aliphatic carbocycles. The summed E-state index contributed by atoms with van der Waals surface area (Å²) in [7, 11) is 0. The molecule has 4 amide bonds. The molecule has 3 rings (SSSR count). The van der Waals surface area contributed by atoms with Gasteiger partial charge in [-0.1, -0.05) is 32.4 Å². The number of imide groups is 1. The Balaban J connectivity index is 1.52. The zero-order valence-corrected chi connectivity index (χ0v) is 42.9. The van der Waals surface area contributed by atoms with Crippen LogP contribution in [0.25, 0.3) is 0 Å². The molecule has 0 saturated carbocycles. The Labute approximate surface area is 420 Å². The van der Waals surface area contributed by atoms with E-state index in [-0.39, 0.29) is 127 Å². The molecule has 4 atom stereocenters. The molecule has 2 aliphatic rings. The number of nitrogens with one attached hydrogen (secondary N) is 5. The molecule has 21 nitrogen and oxygen atoms in total. The number of carboxylic acid groups (broad SMARTS) is 3. The number of anilines is 1. The van der Waals surface area contributed by atoms with Gasteiger partial charge in [-0.05, 0) is 67.6 Å². The highest BCUT2D eigenvalue weighted by Gasteiger charge is 2.38. The first-order valence-electron chi connectivity index (χ1n) is 24.1. The first-order chi connectivity index (χ1) is 33.4. The predicted molar refractivity (Wildman–Crippen MR) is 271 cm³/mol. The maximum atomic E-state index is 13.8. The van der Waals surface area contributed by atoms with Gasteiger partial charge in [0, 0.05) is 102 Å². The number of aliphatic carboxylic acids is 3. The summed E-state index contributed by atoms with van der Waals surface area (Å²) < 4.78 is 0. The Hall–Kier alpha value is -4.65. The van der Waals surface area contributed by atoms with Crippen LogP contribution in [-0.2, 0) is 44.9 Å². The van der Waals surface area contributed by atoms with Crippen molar-refractivity contribution in [3.63, 3.8) is 0 Å². The number of nitrogens with zero attached hydrogens (tertiary/aromatic N) is 5. The highest BCUT2D eigenvalue weighted by atomic mass is 32.2. The normalized spacial score (nSPS) is 18.3. The lowest BCUT2D eigenvalue weighted by molar-refractivity contribution is -0.140. The van der Waals surface area contributed by atoms with E-state index in [1.807, 2.05) is 49.3 Å². The molecule has 23 heteroatoms. The van der Waals surface area contributed by atoms with Crippen LogP contribution in [-0.4, -0.2) is 220 Å². The van der Waals surface area contributed by atoms with Crippen molar-refractivity contribution in [3.05, 3.63) is 29.8 Å². The third-order valence-electron chi connectivity index (χ3n) is 12.4. The van der Waals surface area contributed by atoms with Gasteiger partial charge in [0.2, 0.25) is 23.6 Å². The number of carboxylic acids is 3. The highest BCUT2D eigenvalue weighted by Crippen LogP contribution is 2.26. The number of benzene rings is 1. The average Bonchev–Trinajstić information content (AvgIpc) is 3.57. The molecule has 2 fully saturated rings. The average molecular weight is 1020 g/mol. The van der Waals surface area contributed by atoms with Gasteiger partial charge >= 0.3 is 17.9 Å². The van der Waals surface area contributed by atoms with Crippen LogP contribution in [0.4, 0.5) is 5.69 Å². The molecule has 70 heavy (non-hydrogen) atoms. The second-order valence-corrected chi connectivity index (χ2v) is 20.2. The lowest BCUT2D eigenvalue weighted by Gasteiger charge is -2.32. The zero-order valence-electron chi connectivity index (χ0n) is 41.2. The maximum Gasteiger partial charge on any atom is 0.317 e. The fourth-order valence-electron chi connectivity index (χ4n) is 8.07. The van der Waals surface area contributed by atoms with Crippen LogP contribution in [0.15, 0.2) is 24.3 Å². The number of rotatable bonds is 31. The number of carbonyl (C=O) groups excluding carboxylic acids is 5. The number of carbonyl (C=O) groups is 8. The van der Waals surface area contributed by atoms with Gasteiger partial charge in [-0.2, -0.15) is 11.8 Å². The number of ketones is 1. The maximum absolute atomic E-state index is 13.8. The van der Waals surface area contributed by atoms with Gasteiger partial charge in [0.25, 0.3) is 0 Å². The molecule has 2 saturated heterocycles. The van der Waals surface area contributed by atoms with E-state index in [2.05, 4.69) is 21.3 Å². The summed E-state index contributed by atoms with van der Waals surface area (Å²) in [4.78, 5) is 109. The molecule has 2 aliphatic heterocycles. The molecule has 392 valence electrons. The monoisotopic (exact) mass is 1020 g/mol. The summed E-state index contributed by atoms with van der Waals surface area (Å²) in [6.45, 7) is 7.91. The summed E-state index contributed by atoms with van der Waals surface area (Å²) in [5, 5.41) is 48.0. The minimum Gasteiger partial charge on any atom is -0.480 e. The van der Waals surface area contributed by atoms with E-state index in [9.17, 15) is 53.7 Å². The summed E-state index contributed by atoms with van der Waals surface area (Å²) in [6, 6.07) is 6.92. The summed E-state index contributed by atoms with van der Waals surface area (Å²) >= 11 is 3.05. The number of amides is 4. The smallest absolute Gasteiger partial charge is 0.317 e. The largest absolute Gasteiger partial charge is 0.480 e. The minimum atomic E-state index is -1.03. The predicted octanol–water partition coefficient (Wildman–Crippen LogP) is 1.28. The second kappa shape index (κ2) is 32.3. The Morgan fingerprint density at radius 1 is 0.800 bits per heavy atom. The van der Waals surface area contributed by atoms with E-state index < -0.39 is 35.1 Å². The van der Waals surface area contributed by atoms with Crippen molar-refractivity contribution in [2.24, 2.45) is 11.8 Å². The van der Waals surface area contributed by atoms with Crippen LogP contribution in [0.2, 0.25) is 0 Å². The standard InChI is InChI=1S/C47H76N10O11S2/c1-5-33(2)37(46(67)49-13-14-57-42(60)26-40(47(57)68)70-23-6-7-34(3)48)25-39(58)38(12-24-69-4)52-32-51-36-10-8-35(9-11-36)27-50-41(59)28-53-15-17-54(29-43(61)62)19-21-56(31-45(65)66)22-20-55(18-16-53)30-44(63)64/h8-11,33,37-38,40,48,51-52H,5-7,12-32H2,1-4H3,(H,49,67)(H,50,59)(H,61,62)(H,63,64)(H,65,66)/t33-,37-,38-,40?/m0/s1. The van der Waals surface area contributed by atoms with Crippen molar-refractivity contribution in [2.45, 2.75) is 77.1 Å². The van der Waals surface area contributed by atoms with E-state index in [1.165, 1.54) is 16.7 Å². The Kier molecular flexibility index (Phi) is 27.6. The fourth-order valence-corrected chi connectivity index (χ4v) is 9.67. The van der Waals surface area contributed by atoms with Gasteiger partial charge in [0.1, 0.15) is 0 Å². The minimum absolute atomic E-state index is 0.00508. The van der Waals surface area contributed by atoms with Crippen molar-refractivity contribution in [2.75, 3.05) is 121 Å². The number of hydrogen-bond donors (Lipinski definition) is 8. The lowest BCUT2D eigenvalue weighted by Crippen LogP contribution is -2.49. The van der Waals surface area contributed by atoms with Gasteiger partial charge < -0.3 is 36.7 Å². The topological polar surface area (TPSA) is 285 Å². The van der Waals surface area contributed by atoms with Crippen LogP contribution in [0.1, 0.15) is 64.9 Å². The second-order valence-electron chi connectivity index (χ2n) is 17.9. The molecule has 2 heterocycles. The van der Waals surface area contributed by atoms with Gasteiger partial charge in [0.15, 0.2) is 5.78 Å². The molecule has 0 aromatic heterocycles. The van der Waals surface area contributed by atoms with Gasteiger partial charge in [-0.3, -0.25) is 68.2 Å². The fraction of sp³-hybridized carbons (Fsp3) is 0.681. The summed E-state index contributed by atoms with van der Waals surface area (Å²) in [5.74, 6) is -3.53. The number of hydrogen-bond acceptors (Lipinski definition) is 17. The molecular formula is C47H76N10O11S2. The van der Waals surface area contributed by atoms with Crippen molar-refractivity contribution >= 4 is 82.2 Å². The molecule has 8 N–H and O–H groups in total. The van der Waals surface area contributed by atoms with Crippen molar-refractivity contribution in [3.8, 4) is 0 Å². The first kappa shape index (κ1) is 59.7. The Bertz CT molecular complexity index is 1870. The van der Waals surface area contributed by atoms with Crippen LogP contribution in [0.5, 0.6) is 0 Å². The van der Waals surface area contributed by atoms with Crippen molar-refractivity contribution in [1.29, 1.82) is 5.41 Å². The third kappa shape index (κ3) is 23.1. The van der Waals surface area contributed by atoms with Crippen LogP contribution < -0.4 is 21.3 Å². The van der Waals surface area contributed by atoms with Gasteiger partial charge in [-0.15, -0.1) is 11.8 Å². The number of thioether (sulfide) groups is 2. The molecule has 1 aromatic carbocycles. The third-order valence-corrected chi connectivity index (χ3v) is 14.3. The first-order valence-corrected chi connectivity index (χ1v) is 26.5. The van der Waals surface area contributed by atoms with Crippen LogP contribution in [0.3, 0.4) is 0 Å². The lowest BCUT2D eigenvalue weighted by atomic mass is 9.85. The molecule has 1 unspecified atom stereocenters. The van der Waals surface area contributed by atoms with Crippen molar-refractivity contribution in [1.82, 2.24) is 40.4 Å². The Morgan fingerprint density at radius 2 is 1.34 bits per heavy atom. The van der Waals surface area contributed by atoms with E-state index in [4.69, 9.17) is 5.41 Å². The van der Waals surface area contributed by atoms with Crippen molar-refractivity contribution < 1.29 is 53.7 Å². The van der Waals surface area contributed by atoms with Crippen LogP contribution >= 0.6 is 23.5 Å². The summed E-state index contributed by atoms with van der Waals surface area (Å²) in [5.41, 5.74) is 2.19. The van der Waals surface area contributed by atoms with Gasteiger partial charge in [0.05, 0.1) is 44.1 Å². The van der Waals surface area contributed by atoms with E-state index in [0.29, 0.717) is 56.9 Å². The summed E-state index contributed by atoms with van der Waals surface area (Å²) in [6.07, 6.45) is 4.77. The molecule has 0 radical (unpaired) electrons. The van der Waals surface area contributed by atoms with E-state index in [0.717, 1.165) is 23.4 Å². The van der Waals surface area contributed by atoms with Crippen LogP contribution in [0, 0.1) is 17.2 Å². The van der Waals surface area contributed by atoms with E-state index >= 15 is 0 Å². The van der Waals surface area contributed by atoms with Gasteiger partial charge in [-0.25, -0.2) is 0 Å². The molecular weight excluding hydrogens is 945 g/mol. The van der Waals surface area contributed by atoms with E-state index in [1.54, 1.807) is 33.4 Å². The molecule has 0 bridgehead atoms. The number of Topliss-reactive ketones (excluding diaryl/α,β-unsaturated/α-hetero) is 1. The molecule has 1 aromatic rings. The number of likely N-dealkylation sites (tertiary alicyclic amines) is 1. The molecule has 0 spiro atoms. The SMILES string of the molecule is CC[C@H](C)[C@H](CC(=O)[C@H](CCSC)NCNc1ccc(CNC(=O)CN2CCN(CC(=O)O)CCN(CC(=O)O)CCN(CC(=O)O)CC2)cc1)C(=O)NCCN1C(=O)CC(SCCCC(C)=N)C1=O. The zero-order chi connectivity index (χ0) is 51.6. The highest BCUT2D eigenvalue weighted by molar-refractivity contribution is 8.00.